The molecule has 1 amide bonds. The van der Waals surface area contributed by atoms with E-state index < -0.39 is 11.7 Å². The number of anilines is 3. The van der Waals surface area contributed by atoms with E-state index in [1.165, 1.54) is 36.8 Å². The van der Waals surface area contributed by atoms with Crippen molar-refractivity contribution < 1.29 is 9.18 Å². The number of rotatable bonds is 8. The van der Waals surface area contributed by atoms with Crippen molar-refractivity contribution in [2.24, 2.45) is 16.5 Å². The van der Waals surface area contributed by atoms with Crippen molar-refractivity contribution in [3.8, 4) is 0 Å². The maximum atomic E-state index is 14.3. The highest BCUT2D eigenvalue weighted by molar-refractivity contribution is 6.04. The topological polar surface area (TPSA) is 143 Å². The Kier molecular flexibility index (Phi) is 7.55. The van der Waals surface area contributed by atoms with Gasteiger partial charge in [0.15, 0.2) is 13.8 Å². The van der Waals surface area contributed by atoms with Crippen LogP contribution in [0.25, 0.3) is 0 Å². The number of halogens is 1. The largest absolute Gasteiger partial charge is 0.405 e. The number of allylic oxidation sites excluding steroid dienone is 1. The standard InChI is InChI=1S/C20H24BFN8O/c21-30-17-5-2-1-4-16(17)28-20-26-11-13(18(24)31)19(29-20)27-12-6-7-15(14(22)10-12)25-9-3-8-23/h3,6-11,16-17,30H,1-2,4-5,23H2,(H2,24,31)(H2,26,27,28,29)/t16-,17+/m1/s1. The summed E-state index contributed by atoms with van der Waals surface area (Å²) in [5.74, 6) is -0.781. The minimum absolute atomic E-state index is 0.0446. The second kappa shape index (κ2) is 10.5. The zero-order chi connectivity index (χ0) is 22.2. The lowest BCUT2D eigenvalue weighted by Gasteiger charge is -2.32. The van der Waals surface area contributed by atoms with Crippen LogP contribution in [0.3, 0.4) is 0 Å². The predicted octanol–water partition coefficient (Wildman–Crippen LogP) is 2.03. The molecule has 3 rings (SSSR count). The van der Waals surface area contributed by atoms with E-state index in [-0.39, 0.29) is 29.2 Å². The monoisotopic (exact) mass is 422 g/mol. The van der Waals surface area contributed by atoms with Gasteiger partial charge in [0.25, 0.3) is 5.91 Å². The third-order valence-electron chi connectivity index (χ3n) is 4.97. The zero-order valence-corrected chi connectivity index (χ0v) is 16.9. The molecule has 2 radical (unpaired) electrons. The Balaban J connectivity index is 1.83. The molecule has 0 bridgehead atoms. The first-order valence-corrected chi connectivity index (χ1v) is 9.89. The molecule has 1 aliphatic carbocycles. The minimum Gasteiger partial charge on any atom is -0.405 e. The van der Waals surface area contributed by atoms with Crippen LogP contribution in [-0.2, 0) is 0 Å². The van der Waals surface area contributed by atoms with E-state index in [9.17, 15) is 9.18 Å². The maximum absolute atomic E-state index is 14.3. The number of hydrogen-bond donors (Lipinski definition) is 5. The highest BCUT2D eigenvalue weighted by Gasteiger charge is 2.24. The van der Waals surface area contributed by atoms with E-state index in [2.05, 4.69) is 30.8 Å². The molecule has 0 saturated heterocycles. The summed E-state index contributed by atoms with van der Waals surface area (Å²) >= 11 is 0. The Labute approximate surface area is 181 Å². The number of nitrogens with zero attached hydrogens (tertiary/aromatic N) is 3. The molecule has 1 aromatic carbocycles. The second-order valence-electron chi connectivity index (χ2n) is 7.08. The van der Waals surface area contributed by atoms with Crippen molar-refractivity contribution in [1.29, 1.82) is 0 Å². The van der Waals surface area contributed by atoms with Gasteiger partial charge in [-0.05, 0) is 43.3 Å². The number of aliphatic imine (C=N–C) groups is 1. The van der Waals surface area contributed by atoms with Crippen molar-refractivity contribution in [2.75, 3.05) is 10.6 Å². The third kappa shape index (κ3) is 5.79. The number of amides is 1. The summed E-state index contributed by atoms with van der Waals surface area (Å²) < 4.78 is 14.3. The molecular formula is C20H24BFN8O. The molecule has 11 heteroatoms. The van der Waals surface area contributed by atoms with Gasteiger partial charge in [0.05, 0.1) is 5.69 Å². The van der Waals surface area contributed by atoms with Crippen molar-refractivity contribution in [3.05, 3.63) is 48.1 Å². The van der Waals surface area contributed by atoms with Gasteiger partial charge in [-0.1, -0.05) is 12.8 Å². The van der Waals surface area contributed by atoms with Gasteiger partial charge in [-0.2, -0.15) is 4.98 Å². The third-order valence-corrected chi connectivity index (χ3v) is 4.97. The average Bonchev–Trinajstić information content (AvgIpc) is 2.76. The number of aromatic nitrogens is 2. The summed E-state index contributed by atoms with van der Waals surface area (Å²) in [6, 6.07) is 4.47. The second-order valence-corrected chi connectivity index (χ2v) is 7.08. The summed E-state index contributed by atoms with van der Waals surface area (Å²) in [6.45, 7) is 0. The maximum Gasteiger partial charge on any atom is 0.254 e. The number of carbonyl (C=O) groups is 1. The van der Waals surface area contributed by atoms with Gasteiger partial charge >= 0.3 is 0 Å². The Morgan fingerprint density at radius 2 is 2.06 bits per heavy atom. The van der Waals surface area contributed by atoms with Gasteiger partial charge in [-0.3, -0.25) is 9.79 Å². The lowest BCUT2D eigenvalue weighted by atomic mass is 9.89. The molecule has 9 nitrogen and oxygen atoms in total. The van der Waals surface area contributed by atoms with Gasteiger partial charge < -0.3 is 27.3 Å². The highest BCUT2D eigenvalue weighted by atomic mass is 19.1. The van der Waals surface area contributed by atoms with E-state index >= 15 is 0 Å². The molecule has 2 atom stereocenters. The van der Waals surface area contributed by atoms with Crippen molar-refractivity contribution in [2.45, 2.75) is 37.8 Å². The van der Waals surface area contributed by atoms with Gasteiger partial charge in [0.2, 0.25) is 5.95 Å². The van der Waals surface area contributed by atoms with Gasteiger partial charge in [0, 0.05) is 30.2 Å². The first-order valence-electron chi connectivity index (χ1n) is 9.89. The van der Waals surface area contributed by atoms with Crippen LogP contribution >= 0.6 is 0 Å². The Morgan fingerprint density at radius 1 is 1.29 bits per heavy atom. The normalized spacial score (nSPS) is 19.0. The Hall–Kier alpha value is -3.47. The number of benzene rings is 1. The van der Waals surface area contributed by atoms with Crippen molar-refractivity contribution >= 4 is 43.2 Å². The number of hydrogen-bond acceptors (Lipinski definition) is 8. The van der Waals surface area contributed by atoms with Gasteiger partial charge in [0.1, 0.15) is 11.4 Å². The van der Waals surface area contributed by atoms with Crippen LogP contribution in [0.1, 0.15) is 36.0 Å². The lowest BCUT2D eigenvalue weighted by Crippen LogP contribution is -2.45. The number of nitrogens with two attached hydrogens (primary N) is 2. The molecule has 7 N–H and O–H groups in total. The van der Waals surface area contributed by atoms with E-state index in [4.69, 9.17) is 19.4 Å². The molecular weight excluding hydrogens is 398 g/mol. The molecule has 2 aromatic rings. The molecule has 160 valence electrons. The summed E-state index contributed by atoms with van der Waals surface area (Å²) in [5.41, 5.74) is 11.3. The molecule has 1 aliphatic rings. The van der Waals surface area contributed by atoms with Crippen molar-refractivity contribution in [1.82, 2.24) is 15.2 Å². The molecule has 31 heavy (non-hydrogen) atoms. The van der Waals surface area contributed by atoms with Crippen LogP contribution in [0, 0.1) is 5.82 Å². The molecule has 0 aliphatic heterocycles. The predicted molar refractivity (Wildman–Crippen MR) is 120 cm³/mol. The van der Waals surface area contributed by atoms with Gasteiger partial charge in [-0.25, -0.2) is 9.37 Å². The first kappa shape index (κ1) is 22.2. The average molecular weight is 422 g/mol. The van der Waals surface area contributed by atoms with E-state index in [1.54, 1.807) is 6.07 Å². The van der Waals surface area contributed by atoms with Crippen LogP contribution in [0.5, 0.6) is 0 Å². The summed E-state index contributed by atoms with van der Waals surface area (Å²) in [6.07, 6.45) is 9.50. The molecule has 1 heterocycles. The Morgan fingerprint density at radius 3 is 2.74 bits per heavy atom. The molecule has 1 aromatic heterocycles. The molecule has 1 saturated carbocycles. The van der Waals surface area contributed by atoms with Crippen LogP contribution in [-0.4, -0.2) is 42.2 Å². The number of nitrogens with one attached hydrogen (secondary N) is 3. The zero-order valence-electron chi connectivity index (χ0n) is 16.9. The quantitative estimate of drug-likeness (QED) is 0.324. The fraction of sp³-hybridized carbons (Fsp3) is 0.300. The van der Waals surface area contributed by atoms with Crippen LogP contribution in [0.15, 0.2) is 41.7 Å². The van der Waals surface area contributed by atoms with E-state index in [0.29, 0.717) is 11.6 Å². The van der Waals surface area contributed by atoms with Crippen LogP contribution in [0.4, 0.5) is 27.5 Å². The van der Waals surface area contributed by atoms with E-state index in [0.717, 1.165) is 25.7 Å². The fourth-order valence-corrected chi connectivity index (χ4v) is 3.40. The summed E-state index contributed by atoms with van der Waals surface area (Å²) in [4.78, 5) is 24.4. The summed E-state index contributed by atoms with van der Waals surface area (Å²) in [7, 11) is 5.65. The van der Waals surface area contributed by atoms with Gasteiger partial charge in [-0.15, -0.1) is 0 Å². The molecule has 1 fully saturated rings. The van der Waals surface area contributed by atoms with Crippen LogP contribution < -0.4 is 27.3 Å². The number of carbonyl (C=O) groups excluding carboxylic acids is 1. The SMILES string of the molecule is [B]N[C@H]1CCCC[C@H]1Nc1ncc(C(N)=O)c(Nc2ccc(N=CC=CN)c(F)c2)n1. The smallest absolute Gasteiger partial charge is 0.254 e. The van der Waals surface area contributed by atoms with E-state index in [1.807, 2.05) is 0 Å². The van der Waals surface area contributed by atoms with Crippen molar-refractivity contribution in [3.63, 3.8) is 0 Å². The number of primary amides is 1. The lowest BCUT2D eigenvalue weighted by molar-refractivity contribution is 0.100. The van der Waals surface area contributed by atoms with Crippen LogP contribution in [0.2, 0.25) is 0 Å². The molecule has 0 spiro atoms. The molecule has 0 unspecified atom stereocenters. The highest BCUT2D eigenvalue weighted by Crippen LogP contribution is 2.26. The fourth-order valence-electron chi connectivity index (χ4n) is 3.40. The minimum atomic E-state index is -0.705. The Bertz CT molecular complexity index is 984. The summed E-state index contributed by atoms with van der Waals surface area (Å²) in [5, 5.41) is 9.01. The first-order chi connectivity index (χ1) is 15.0.